The lowest BCUT2D eigenvalue weighted by molar-refractivity contribution is 0.317. The van der Waals surface area contributed by atoms with Crippen LogP contribution in [0.4, 0.5) is 0 Å². The Morgan fingerprint density at radius 1 is 1.65 bits per heavy atom. The Bertz CT molecular complexity index is 619. The van der Waals surface area contributed by atoms with Crippen molar-refractivity contribution in [2.24, 2.45) is 21.2 Å². The molecule has 0 spiro atoms. The van der Waals surface area contributed by atoms with Gasteiger partial charge in [-0.2, -0.15) is 4.36 Å². The summed E-state index contributed by atoms with van der Waals surface area (Å²) in [5.41, 5.74) is 6.17. The maximum absolute atomic E-state index is 12.8. The molecule has 1 saturated carbocycles. The summed E-state index contributed by atoms with van der Waals surface area (Å²) in [5, 5.41) is 11.4. The molecule has 20 heavy (non-hydrogen) atoms. The summed E-state index contributed by atoms with van der Waals surface area (Å²) in [7, 11) is -2.68. The lowest BCUT2D eigenvalue weighted by Gasteiger charge is -2.18. The van der Waals surface area contributed by atoms with Crippen LogP contribution in [0.15, 0.2) is 27.8 Å². The Balaban J connectivity index is 2.38. The van der Waals surface area contributed by atoms with Gasteiger partial charge >= 0.3 is 0 Å². The summed E-state index contributed by atoms with van der Waals surface area (Å²) >= 11 is 5.78. The highest BCUT2D eigenvalue weighted by Gasteiger charge is 2.31. The number of halogens is 1. The third-order valence-electron chi connectivity index (χ3n) is 3.27. The molecule has 0 bridgehead atoms. The maximum atomic E-state index is 12.8. The van der Waals surface area contributed by atoms with Crippen LogP contribution >= 0.6 is 11.6 Å². The van der Waals surface area contributed by atoms with Crippen molar-refractivity contribution in [3.05, 3.63) is 29.0 Å². The van der Waals surface area contributed by atoms with Gasteiger partial charge < -0.3 is 10.9 Å². The minimum Gasteiger partial charge on any atom is -0.408 e. The average molecular weight is 317 g/mol. The van der Waals surface area contributed by atoms with Crippen LogP contribution in [0.2, 0.25) is 5.15 Å². The first-order valence-corrected chi connectivity index (χ1v) is 8.59. The number of hydrogen-bond acceptors (Lipinski definition) is 4. The van der Waals surface area contributed by atoms with E-state index in [0.29, 0.717) is 11.1 Å². The molecule has 1 aliphatic rings. The molecule has 0 saturated heterocycles. The van der Waals surface area contributed by atoms with Gasteiger partial charge in [0.15, 0.2) is 0 Å². The first kappa shape index (κ1) is 15.1. The summed E-state index contributed by atoms with van der Waals surface area (Å²) < 4.78 is 16.7. The van der Waals surface area contributed by atoms with Gasteiger partial charge in [-0.05, 0) is 29.1 Å². The first-order chi connectivity index (χ1) is 9.42. The molecule has 8 heteroatoms. The monoisotopic (exact) mass is 316 g/mol. The Kier molecular flexibility index (Phi) is 4.49. The average Bonchev–Trinajstić information content (AvgIpc) is 3.20. The van der Waals surface area contributed by atoms with Gasteiger partial charge in [-0.1, -0.05) is 30.5 Å². The van der Waals surface area contributed by atoms with E-state index in [2.05, 4.69) is 14.5 Å². The van der Waals surface area contributed by atoms with Crippen LogP contribution in [0.25, 0.3) is 0 Å². The second-order valence-corrected chi connectivity index (χ2v) is 7.85. The fourth-order valence-electron chi connectivity index (χ4n) is 2.07. The smallest absolute Gasteiger partial charge is 0.265 e. The van der Waals surface area contributed by atoms with Gasteiger partial charge in [0, 0.05) is 12.5 Å². The van der Waals surface area contributed by atoms with E-state index in [9.17, 15) is 4.21 Å². The van der Waals surface area contributed by atoms with Crippen molar-refractivity contribution in [1.82, 2.24) is 4.98 Å². The second kappa shape index (κ2) is 5.97. The van der Waals surface area contributed by atoms with Crippen LogP contribution in [0.5, 0.6) is 0 Å². The molecule has 0 radical (unpaired) electrons. The van der Waals surface area contributed by atoms with Crippen molar-refractivity contribution in [3.63, 3.8) is 0 Å². The van der Waals surface area contributed by atoms with Crippen LogP contribution in [-0.4, -0.2) is 26.6 Å². The topological polar surface area (TPSA) is 101 Å². The second-order valence-electron chi connectivity index (χ2n) is 4.99. The lowest BCUT2D eigenvalue weighted by atomic mass is 10.1. The fraction of sp³-hybridized carbons (Fsp3) is 0.500. The zero-order valence-electron chi connectivity index (χ0n) is 11.1. The van der Waals surface area contributed by atoms with Crippen LogP contribution in [0.3, 0.4) is 0 Å². The molecule has 3 N–H and O–H groups in total. The highest BCUT2D eigenvalue weighted by molar-refractivity contribution is 7.93. The zero-order valence-corrected chi connectivity index (χ0v) is 12.6. The van der Waals surface area contributed by atoms with Gasteiger partial charge in [-0.15, -0.1) is 0 Å². The summed E-state index contributed by atoms with van der Waals surface area (Å²) in [5.74, 6) is 0.180. The van der Waals surface area contributed by atoms with E-state index in [0.717, 1.165) is 24.8 Å². The molecule has 1 fully saturated rings. The zero-order chi connectivity index (χ0) is 14.8. The van der Waals surface area contributed by atoms with Crippen molar-refractivity contribution >= 4 is 27.3 Å². The van der Waals surface area contributed by atoms with E-state index in [1.165, 1.54) is 6.26 Å². The number of hydrogen-bond donors (Lipinski definition) is 2. The fourth-order valence-corrected chi connectivity index (χ4v) is 3.99. The number of pyridine rings is 1. The molecule has 1 aromatic rings. The highest BCUT2D eigenvalue weighted by Crippen LogP contribution is 2.41. The lowest BCUT2D eigenvalue weighted by Crippen LogP contribution is -2.18. The summed E-state index contributed by atoms with van der Waals surface area (Å²) in [6.07, 6.45) is 6.15. The number of nitrogens with zero attached hydrogens (tertiary/aromatic N) is 3. The molecule has 1 aliphatic carbocycles. The van der Waals surface area contributed by atoms with E-state index in [4.69, 9.17) is 22.5 Å². The number of oxime groups is 1. The molecule has 110 valence electrons. The Morgan fingerprint density at radius 3 is 2.85 bits per heavy atom. The van der Waals surface area contributed by atoms with Gasteiger partial charge in [-0.25, -0.2) is 9.19 Å². The number of nitrogens with two attached hydrogens (primary N) is 1. The van der Waals surface area contributed by atoms with Gasteiger partial charge in [0.25, 0.3) is 5.96 Å². The molecule has 1 heterocycles. The van der Waals surface area contributed by atoms with Crippen LogP contribution in [-0.2, 0) is 9.73 Å². The number of rotatable bonds is 4. The molecule has 0 aliphatic heterocycles. The molecular formula is C12H17ClN4O2S. The molecule has 2 atom stereocenters. The Hall–Kier alpha value is -1.34. The SMILES string of the molecule is CS(=O)(=N/C(N)=N\O)C(CC1CC1)c1ccc(Cl)nc1. The van der Waals surface area contributed by atoms with Crippen LogP contribution in [0, 0.1) is 5.92 Å². The normalized spacial score (nSPS) is 20.2. The van der Waals surface area contributed by atoms with E-state index < -0.39 is 9.73 Å². The molecule has 2 rings (SSSR count). The van der Waals surface area contributed by atoms with Crippen molar-refractivity contribution in [2.75, 3.05) is 6.26 Å². The van der Waals surface area contributed by atoms with Crippen LogP contribution < -0.4 is 5.73 Å². The van der Waals surface area contributed by atoms with Crippen molar-refractivity contribution in [2.45, 2.75) is 24.5 Å². The van der Waals surface area contributed by atoms with Gasteiger partial charge in [-0.3, -0.25) is 0 Å². The van der Waals surface area contributed by atoms with E-state index >= 15 is 0 Å². The standard InChI is InChI=1S/C12H17ClN4O2S/c1-20(19,17-12(14)16-18)10(6-8-2-3-8)9-4-5-11(13)15-7-9/h4-5,7-8,10,18H,2-3,6H2,1H3,(H2,14,16). The van der Waals surface area contributed by atoms with Crippen molar-refractivity contribution < 1.29 is 9.42 Å². The van der Waals surface area contributed by atoms with Crippen molar-refractivity contribution in [3.8, 4) is 0 Å². The van der Waals surface area contributed by atoms with Gasteiger partial charge in [0.05, 0.1) is 15.0 Å². The van der Waals surface area contributed by atoms with Crippen LogP contribution in [0.1, 0.15) is 30.1 Å². The van der Waals surface area contributed by atoms with Gasteiger partial charge in [0.1, 0.15) is 5.15 Å². The molecule has 0 aromatic carbocycles. The number of aromatic nitrogens is 1. The Labute approximate surface area is 123 Å². The summed E-state index contributed by atoms with van der Waals surface area (Å²) in [6, 6.07) is 3.46. The maximum Gasteiger partial charge on any atom is 0.265 e. The molecule has 6 nitrogen and oxygen atoms in total. The van der Waals surface area contributed by atoms with E-state index in [1.54, 1.807) is 18.3 Å². The largest absolute Gasteiger partial charge is 0.408 e. The minimum absolute atomic E-state index is 0.305. The Morgan fingerprint density at radius 2 is 2.35 bits per heavy atom. The predicted octanol–water partition coefficient (Wildman–Crippen LogP) is 2.38. The minimum atomic E-state index is -2.68. The quantitative estimate of drug-likeness (QED) is 0.293. The summed E-state index contributed by atoms with van der Waals surface area (Å²) in [6.45, 7) is 0. The predicted molar refractivity (Wildman–Crippen MR) is 79.2 cm³/mol. The van der Waals surface area contributed by atoms with Gasteiger partial charge in [0.2, 0.25) is 0 Å². The highest BCUT2D eigenvalue weighted by atomic mass is 35.5. The third-order valence-corrected chi connectivity index (χ3v) is 5.57. The molecule has 2 unspecified atom stereocenters. The van der Waals surface area contributed by atoms with E-state index in [1.807, 2.05) is 0 Å². The van der Waals surface area contributed by atoms with E-state index in [-0.39, 0.29) is 11.2 Å². The molecular weight excluding hydrogens is 300 g/mol. The summed E-state index contributed by atoms with van der Waals surface area (Å²) in [4.78, 5) is 4.03. The first-order valence-electron chi connectivity index (χ1n) is 6.22. The molecule has 0 amide bonds. The molecule has 1 aromatic heterocycles. The third kappa shape index (κ3) is 3.83. The van der Waals surface area contributed by atoms with Crippen molar-refractivity contribution in [1.29, 1.82) is 0 Å². The number of guanidine groups is 1.